The van der Waals surface area contributed by atoms with E-state index >= 15 is 0 Å². The van der Waals surface area contributed by atoms with E-state index in [4.69, 9.17) is 4.74 Å². The maximum atomic E-state index is 13.3. The number of nitrogens with one attached hydrogen (secondary N) is 3. The highest BCUT2D eigenvalue weighted by molar-refractivity contribution is 5.74. The summed E-state index contributed by atoms with van der Waals surface area (Å²) in [4.78, 5) is 10.0. The number of methoxy groups -OCH3 is 1. The molecule has 1 unspecified atom stereocenters. The molecule has 0 radical (unpaired) electrons. The highest BCUT2D eigenvalue weighted by Gasteiger charge is 2.18. The van der Waals surface area contributed by atoms with Gasteiger partial charge in [0.1, 0.15) is 6.29 Å². The van der Waals surface area contributed by atoms with Crippen LogP contribution < -0.4 is 20.7 Å². The number of piperidine rings is 1. The molecule has 1 aliphatic heterocycles. The van der Waals surface area contributed by atoms with Crippen molar-refractivity contribution < 1.29 is 13.9 Å². The van der Waals surface area contributed by atoms with Gasteiger partial charge in [0.15, 0.2) is 11.6 Å². The number of carbonyl (C=O) groups is 1. The molecule has 1 aliphatic carbocycles. The molecule has 0 amide bonds. The summed E-state index contributed by atoms with van der Waals surface area (Å²) >= 11 is 0. The molecule has 33 heavy (non-hydrogen) atoms. The van der Waals surface area contributed by atoms with Gasteiger partial charge in [-0.2, -0.15) is 0 Å². The monoisotopic (exact) mass is 457 g/mol. The predicted molar refractivity (Wildman–Crippen MR) is 134 cm³/mol. The summed E-state index contributed by atoms with van der Waals surface area (Å²) in [7, 11) is 3.53. The zero-order valence-electron chi connectivity index (χ0n) is 20.3. The summed E-state index contributed by atoms with van der Waals surface area (Å²) in [5.74, 6) is 0.0203. The molecule has 6 heteroatoms. The van der Waals surface area contributed by atoms with Gasteiger partial charge in [-0.05, 0) is 70.4 Å². The maximum Gasteiger partial charge on any atom is 0.165 e. The van der Waals surface area contributed by atoms with E-state index in [1.165, 1.54) is 64.8 Å². The molecule has 1 saturated heterocycles. The lowest BCUT2D eigenvalue weighted by Gasteiger charge is -2.21. The number of rotatable bonds is 6. The molecule has 5 nitrogen and oxygen atoms in total. The Balaban J connectivity index is 0.000000200. The summed E-state index contributed by atoms with van der Waals surface area (Å²) in [6.45, 7) is 4.49. The van der Waals surface area contributed by atoms with E-state index in [1.54, 1.807) is 18.2 Å². The molecule has 2 aromatic carbocycles. The van der Waals surface area contributed by atoms with E-state index in [0.717, 1.165) is 23.5 Å². The summed E-state index contributed by atoms with van der Waals surface area (Å²) in [5, 5.41) is 10.2. The van der Waals surface area contributed by atoms with Crippen molar-refractivity contribution in [3.05, 3.63) is 65.5 Å². The second kappa shape index (κ2) is 15.5. The smallest absolute Gasteiger partial charge is 0.165 e. The maximum absolute atomic E-state index is 13.3. The van der Waals surface area contributed by atoms with E-state index in [1.807, 2.05) is 31.3 Å². The SMILES string of the molecule is CNC1CCNCC1.COc1cc(C(C)NC2CCCC2)ccc1F.O=Cc1ccccc1. The van der Waals surface area contributed by atoms with E-state index in [-0.39, 0.29) is 11.9 Å². The fourth-order valence-electron chi connectivity index (χ4n) is 4.13. The van der Waals surface area contributed by atoms with Crippen LogP contribution >= 0.6 is 0 Å². The van der Waals surface area contributed by atoms with Crippen molar-refractivity contribution in [3.63, 3.8) is 0 Å². The van der Waals surface area contributed by atoms with Crippen molar-refractivity contribution >= 4 is 6.29 Å². The van der Waals surface area contributed by atoms with Gasteiger partial charge in [-0.25, -0.2) is 4.39 Å². The largest absolute Gasteiger partial charge is 0.494 e. The highest BCUT2D eigenvalue weighted by Crippen LogP contribution is 2.25. The number of aldehydes is 1. The standard InChI is InChI=1S/C14H20FNO.C7H6O.C6H14N2/c1-10(16-12-5-3-4-6-12)11-7-8-13(15)14(9-11)17-2;8-6-7-4-2-1-3-5-7;1-7-6-2-4-8-5-3-6/h7-10,12,16H,3-6H2,1-2H3;1-6H;6-8H,2-5H2,1H3. The molecular formula is C27H40FN3O2. The van der Waals surface area contributed by atoms with Crippen LogP contribution in [0.5, 0.6) is 5.75 Å². The Kier molecular flexibility index (Phi) is 12.7. The number of benzene rings is 2. The molecule has 0 spiro atoms. The van der Waals surface area contributed by atoms with Gasteiger partial charge >= 0.3 is 0 Å². The zero-order valence-corrected chi connectivity index (χ0v) is 20.3. The second-order valence-corrected chi connectivity index (χ2v) is 8.61. The van der Waals surface area contributed by atoms with Crippen LogP contribution in [0, 0.1) is 5.82 Å². The van der Waals surface area contributed by atoms with Crippen molar-refractivity contribution in [1.29, 1.82) is 0 Å². The van der Waals surface area contributed by atoms with Crippen LogP contribution in [-0.4, -0.2) is 45.6 Å². The van der Waals surface area contributed by atoms with Crippen LogP contribution in [-0.2, 0) is 0 Å². The van der Waals surface area contributed by atoms with Crippen molar-refractivity contribution in [1.82, 2.24) is 16.0 Å². The molecule has 3 N–H and O–H groups in total. The molecule has 2 aliphatic rings. The first kappa shape index (κ1) is 27.0. The van der Waals surface area contributed by atoms with E-state index in [2.05, 4.69) is 22.9 Å². The Morgan fingerprint density at radius 3 is 2.21 bits per heavy atom. The average molecular weight is 458 g/mol. The van der Waals surface area contributed by atoms with Crippen LogP contribution in [0.4, 0.5) is 4.39 Å². The molecule has 2 fully saturated rings. The van der Waals surface area contributed by atoms with Gasteiger partial charge in [0.2, 0.25) is 0 Å². The van der Waals surface area contributed by atoms with Gasteiger partial charge in [-0.1, -0.05) is 49.2 Å². The van der Waals surface area contributed by atoms with Crippen molar-refractivity contribution in [2.45, 2.75) is 63.6 Å². The predicted octanol–water partition coefficient (Wildman–Crippen LogP) is 4.88. The summed E-state index contributed by atoms with van der Waals surface area (Å²) in [5.41, 5.74) is 1.81. The van der Waals surface area contributed by atoms with Crippen LogP contribution in [0.3, 0.4) is 0 Å². The molecular weight excluding hydrogens is 417 g/mol. The first-order valence-electron chi connectivity index (χ1n) is 12.0. The Morgan fingerprint density at radius 2 is 1.70 bits per heavy atom. The minimum Gasteiger partial charge on any atom is -0.494 e. The lowest BCUT2D eigenvalue weighted by atomic mass is 10.1. The second-order valence-electron chi connectivity index (χ2n) is 8.61. The summed E-state index contributed by atoms with van der Waals surface area (Å²) in [6, 6.07) is 15.8. The Morgan fingerprint density at radius 1 is 1.03 bits per heavy atom. The van der Waals surface area contributed by atoms with Crippen LogP contribution in [0.25, 0.3) is 0 Å². The fourth-order valence-corrected chi connectivity index (χ4v) is 4.13. The summed E-state index contributed by atoms with van der Waals surface area (Å²) < 4.78 is 18.3. The third-order valence-electron chi connectivity index (χ3n) is 6.20. The molecule has 4 rings (SSSR count). The van der Waals surface area contributed by atoms with Crippen LogP contribution in [0.2, 0.25) is 0 Å². The van der Waals surface area contributed by atoms with E-state index in [0.29, 0.717) is 11.8 Å². The van der Waals surface area contributed by atoms with Crippen LogP contribution in [0.1, 0.15) is 67.4 Å². The topological polar surface area (TPSA) is 62.4 Å². The molecule has 0 aromatic heterocycles. The molecule has 182 valence electrons. The Bertz CT molecular complexity index is 791. The molecule has 1 atom stereocenters. The molecule has 1 heterocycles. The molecule has 0 bridgehead atoms. The number of halogens is 1. The van der Waals surface area contributed by atoms with Gasteiger partial charge in [-0.15, -0.1) is 0 Å². The quantitative estimate of drug-likeness (QED) is 0.540. The number of hydrogen-bond acceptors (Lipinski definition) is 5. The van der Waals surface area contributed by atoms with Gasteiger partial charge in [-0.3, -0.25) is 4.79 Å². The number of hydrogen-bond donors (Lipinski definition) is 3. The number of ether oxygens (including phenoxy) is 1. The van der Waals surface area contributed by atoms with Gasteiger partial charge in [0.25, 0.3) is 0 Å². The third kappa shape index (κ3) is 10.0. The first-order chi connectivity index (χ1) is 16.1. The summed E-state index contributed by atoms with van der Waals surface area (Å²) in [6.07, 6.45) is 8.55. The third-order valence-corrected chi connectivity index (χ3v) is 6.20. The molecule has 2 aromatic rings. The van der Waals surface area contributed by atoms with Crippen LogP contribution in [0.15, 0.2) is 48.5 Å². The van der Waals surface area contributed by atoms with E-state index in [9.17, 15) is 9.18 Å². The Labute approximate surface area is 198 Å². The first-order valence-corrected chi connectivity index (χ1v) is 12.0. The zero-order chi connectivity index (χ0) is 23.9. The van der Waals surface area contributed by atoms with Gasteiger partial charge in [0.05, 0.1) is 7.11 Å². The average Bonchev–Trinajstić information content (AvgIpc) is 3.39. The fraction of sp³-hybridized carbons (Fsp3) is 0.519. The normalized spacial score (nSPS) is 17.2. The minimum atomic E-state index is -0.302. The Hall–Kier alpha value is -2.28. The van der Waals surface area contributed by atoms with E-state index < -0.39 is 0 Å². The highest BCUT2D eigenvalue weighted by atomic mass is 19.1. The van der Waals surface area contributed by atoms with Crippen molar-refractivity contribution in [3.8, 4) is 5.75 Å². The lowest BCUT2D eigenvalue weighted by molar-refractivity contribution is 0.112. The number of carbonyl (C=O) groups excluding carboxylic acids is 1. The van der Waals surface area contributed by atoms with Crippen molar-refractivity contribution in [2.24, 2.45) is 0 Å². The van der Waals surface area contributed by atoms with Gasteiger partial charge < -0.3 is 20.7 Å². The molecule has 1 saturated carbocycles. The lowest BCUT2D eigenvalue weighted by Crippen LogP contribution is -2.37. The van der Waals surface area contributed by atoms with Crippen molar-refractivity contribution in [2.75, 3.05) is 27.2 Å². The van der Waals surface area contributed by atoms with Gasteiger partial charge in [0, 0.05) is 23.7 Å². The minimum absolute atomic E-state index is 0.243.